The average molecular weight is 237 g/mol. The highest BCUT2D eigenvalue weighted by molar-refractivity contribution is 5.29. The number of rotatable bonds is 5. The van der Waals surface area contributed by atoms with Crippen LogP contribution < -0.4 is 4.74 Å². The summed E-state index contributed by atoms with van der Waals surface area (Å²) >= 11 is 0. The third-order valence-electron chi connectivity index (χ3n) is 3.65. The van der Waals surface area contributed by atoms with Crippen molar-refractivity contribution < 1.29 is 9.13 Å². The minimum Gasteiger partial charge on any atom is -0.494 e. The van der Waals surface area contributed by atoms with Crippen LogP contribution in [-0.2, 0) is 6.54 Å². The fourth-order valence-corrected chi connectivity index (χ4v) is 2.18. The molecule has 0 aliphatic heterocycles. The van der Waals surface area contributed by atoms with Crippen molar-refractivity contribution in [3.05, 3.63) is 29.6 Å². The molecule has 1 unspecified atom stereocenters. The van der Waals surface area contributed by atoms with Gasteiger partial charge in [-0.3, -0.25) is 4.90 Å². The van der Waals surface area contributed by atoms with Gasteiger partial charge >= 0.3 is 0 Å². The molecule has 0 heterocycles. The van der Waals surface area contributed by atoms with E-state index in [9.17, 15) is 4.39 Å². The van der Waals surface area contributed by atoms with Gasteiger partial charge in [-0.15, -0.1) is 0 Å². The van der Waals surface area contributed by atoms with E-state index in [1.165, 1.54) is 20.0 Å². The van der Waals surface area contributed by atoms with Crippen LogP contribution in [0.4, 0.5) is 4.39 Å². The third-order valence-corrected chi connectivity index (χ3v) is 3.65. The number of ether oxygens (including phenoxy) is 1. The van der Waals surface area contributed by atoms with E-state index in [1.807, 2.05) is 6.07 Å². The first-order valence-corrected chi connectivity index (χ1v) is 6.14. The van der Waals surface area contributed by atoms with E-state index in [-0.39, 0.29) is 5.82 Å². The lowest BCUT2D eigenvalue weighted by Crippen LogP contribution is -2.30. The van der Waals surface area contributed by atoms with Crippen molar-refractivity contribution in [1.29, 1.82) is 0 Å². The maximum absolute atomic E-state index is 13.5. The second-order valence-electron chi connectivity index (χ2n) is 4.96. The molecular weight excluding hydrogens is 217 g/mol. The van der Waals surface area contributed by atoms with Gasteiger partial charge in [0.25, 0.3) is 0 Å². The van der Waals surface area contributed by atoms with Gasteiger partial charge in [0.05, 0.1) is 7.11 Å². The first-order valence-electron chi connectivity index (χ1n) is 6.14. The van der Waals surface area contributed by atoms with E-state index in [4.69, 9.17) is 4.74 Å². The molecule has 1 aromatic rings. The Labute approximate surface area is 102 Å². The van der Waals surface area contributed by atoms with E-state index in [2.05, 4.69) is 18.9 Å². The Bertz CT molecular complexity index is 390. The summed E-state index contributed by atoms with van der Waals surface area (Å²) in [6.45, 7) is 3.04. The van der Waals surface area contributed by atoms with E-state index < -0.39 is 0 Å². The summed E-state index contributed by atoms with van der Waals surface area (Å²) in [5.41, 5.74) is 0.998. The fourth-order valence-electron chi connectivity index (χ4n) is 2.18. The molecule has 1 aliphatic rings. The Hall–Kier alpha value is -1.09. The quantitative estimate of drug-likeness (QED) is 0.780. The molecule has 0 radical (unpaired) electrons. The van der Waals surface area contributed by atoms with Crippen LogP contribution in [-0.4, -0.2) is 25.1 Å². The predicted octanol–water partition coefficient (Wildman–Crippen LogP) is 3.06. The number of hydrogen-bond acceptors (Lipinski definition) is 2. The van der Waals surface area contributed by atoms with Gasteiger partial charge < -0.3 is 4.74 Å². The molecule has 0 amide bonds. The lowest BCUT2D eigenvalue weighted by molar-refractivity contribution is 0.226. The summed E-state index contributed by atoms with van der Waals surface area (Å²) in [6.07, 6.45) is 2.67. The van der Waals surface area contributed by atoms with E-state index in [0.717, 1.165) is 18.0 Å². The molecule has 1 fully saturated rings. The van der Waals surface area contributed by atoms with Gasteiger partial charge in [-0.2, -0.15) is 0 Å². The average Bonchev–Trinajstić information content (AvgIpc) is 3.12. The van der Waals surface area contributed by atoms with Gasteiger partial charge in [0.15, 0.2) is 11.6 Å². The number of benzene rings is 1. The number of methoxy groups -OCH3 is 1. The zero-order valence-corrected chi connectivity index (χ0v) is 10.7. The summed E-state index contributed by atoms with van der Waals surface area (Å²) in [6, 6.07) is 5.77. The molecule has 0 spiro atoms. The van der Waals surface area contributed by atoms with Crippen LogP contribution in [0.5, 0.6) is 5.75 Å². The highest BCUT2D eigenvalue weighted by Gasteiger charge is 2.30. The maximum Gasteiger partial charge on any atom is 0.165 e. The molecule has 3 heteroatoms. The van der Waals surface area contributed by atoms with E-state index >= 15 is 0 Å². The van der Waals surface area contributed by atoms with Crippen molar-refractivity contribution in [1.82, 2.24) is 4.90 Å². The second-order valence-corrected chi connectivity index (χ2v) is 4.96. The van der Waals surface area contributed by atoms with Gasteiger partial charge in [-0.05, 0) is 50.4 Å². The summed E-state index contributed by atoms with van der Waals surface area (Å²) < 4.78 is 18.4. The highest BCUT2D eigenvalue weighted by Crippen LogP contribution is 2.35. The lowest BCUT2D eigenvalue weighted by Gasteiger charge is -2.24. The van der Waals surface area contributed by atoms with Gasteiger partial charge in [-0.25, -0.2) is 4.39 Å². The van der Waals surface area contributed by atoms with E-state index in [0.29, 0.717) is 11.8 Å². The van der Waals surface area contributed by atoms with Crippen molar-refractivity contribution >= 4 is 0 Å². The molecule has 1 aromatic carbocycles. The molecule has 0 aromatic heterocycles. The largest absolute Gasteiger partial charge is 0.494 e. The van der Waals surface area contributed by atoms with Gasteiger partial charge in [0, 0.05) is 12.6 Å². The minimum atomic E-state index is -0.280. The molecule has 0 N–H and O–H groups in total. The Morgan fingerprint density at radius 2 is 2.18 bits per heavy atom. The summed E-state index contributed by atoms with van der Waals surface area (Å²) in [4.78, 5) is 2.29. The topological polar surface area (TPSA) is 12.5 Å². The standard InChI is InChI=1S/C14H20FNO/c1-10(12-5-6-12)16(2)9-11-4-7-14(17-3)13(15)8-11/h4,7-8,10,12H,5-6,9H2,1-3H3. The molecule has 94 valence electrons. The zero-order valence-electron chi connectivity index (χ0n) is 10.7. The molecule has 1 atom stereocenters. The number of halogens is 1. The van der Waals surface area contributed by atoms with Crippen LogP contribution in [0.3, 0.4) is 0 Å². The third kappa shape index (κ3) is 2.97. The van der Waals surface area contributed by atoms with Crippen molar-refractivity contribution in [2.24, 2.45) is 5.92 Å². The monoisotopic (exact) mass is 237 g/mol. The Balaban J connectivity index is 2.00. The van der Waals surface area contributed by atoms with Crippen LogP contribution in [0.25, 0.3) is 0 Å². The van der Waals surface area contributed by atoms with Crippen molar-refractivity contribution in [3.8, 4) is 5.75 Å². The highest BCUT2D eigenvalue weighted by atomic mass is 19.1. The van der Waals surface area contributed by atoms with Crippen molar-refractivity contribution in [2.45, 2.75) is 32.4 Å². The SMILES string of the molecule is COc1ccc(CN(C)C(C)C2CC2)cc1F. The summed E-state index contributed by atoms with van der Waals surface area (Å²) in [5, 5.41) is 0. The van der Waals surface area contributed by atoms with Gasteiger partial charge in [-0.1, -0.05) is 6.07 Å². The fraction of sp³-hybridized carbons (Fsp3) is 0.571. The molecular formula is C14H20FNO. The Morgan fingerprint density at radius 1 is 1.47 bits per heavy atom. The predicted molar refractivity (Wildman–Crippen MR) is 66.6 cm³/mol. The van der Waals surface area contributed by atoms with Crippen LogP contribution in [0.1, 0.15) is 25.3 Å². The first kappa shape index (κ1) is 12.4. The molecule has 0 bridgehead atoms. The minimum absolute atomic E-state index is 0.280. The van der Waals surface area contributed by atoms with Gasteiger partial charge in [0.1, 0.15) is 0 Å². The Kier molecular flexibility index (Phi) is 3.67. The number of hydrogen-bond donors (Lipinski definition) is 0. The van der Waals surface area contributed by atoms with Gasteiger partial charge in [0.2, 0.25) is 0 Å². The van der Waals surface area contributed by atoms with Crippen LogP contribution in [0, 0.1) is 11.7 Å². The molecule has 1 aliphatic carbocycles. The smallest absolute Gasteiger partial charge is 0.165 e. The normalized spacial score (nSPS) is 17.2. The van der Waals surface area contributed by atoms with Crippen LogP contribution in [0.15, 0.2) is 18.2 Å². The van der Waals surface area contributed by atoms with Crippen molar-refractivity contribution in [2.75, 3.05) is 14.2 Å². The molecule has 2 rings (SSSR count). The molecule has 1 saturated carbocycles. The van der Waals surface area contributed by atoms with Crippen LogP contribution in [0.2, 0.25) is 0 Å². The van der Waals surface area contributed by atoms with Crippen LogP contribution >= 0.6 is 0 Å². The second kappa shape index (κ2) is 5.05. The number of nitrogens with zero attached hydrogens (tertiary/aromatic N) is 1. The zero-order chi connectivity index (χ0) is 12.4. The van der Waals surface area contributed by atoms with E-state index in [1.54, 1.807) is 12.1 Å². The Morgan fingerprint density at radius 3 is 2.71 bits per heavy atom. The lowest BCUT2D eigenvalue weighted by atomic mass is 10.1. The molecule has 17 heavy (non-hydrogen) atoms. The molecule has 2 nitrogen and oxygen atoms in total. The first-order chi connectivity index (χ1) is 8.11. The van der Waals surface area contributed by atoms with Crippen molar-refractivity contribution in [3.63, 3.8) is 0 Å². The molecule has 0 saturated heterocycles. The summed E-state index contributed by atoms with van der Waals surface area (Å²) in [7, 11) is 3.59. The maximum atomic E-state index is 13.5. The summed E-state index contributed by atoms with van der Waals surface area (Å²) in [5.74, 6) is 0.868.